The van der Waals surface area contributed by atoms with Crippen LogP contribution in [0.3, 0.4) is 0 Å². The Morgan fingerprint density at radius 3 is 2.85 bits per heavy atom. The van der Waals surface area contributed by atoms with Gasteiger partial charge >= 0.3 is 0 Å². The van der Waals surface area contributed by atoms with Gasteiger partial charge in [-0.2, -0.15) is 0 Å². The average molecular weight is 277 g/mol. The predicted molar refractivity (Wildman–Crippen MR) is 69.5 cm³/mol. The molecule has 0 radical (unpaired) electrons. The summed E-state index contributed by atoms with van der Waals surface area (Å²) < 4.78 is 10.5. The van der Waals surface area contributed by atoms with Crippen molar-refractivity contribution in [1.82, 2.24) is 0 Å². The van der Waals surface area contributed by atoms with E-state index in [0.29, 0.717) is 17.9 Å². The number of nitrogens with zero attached hydrogens (tertiary/aromatic N) is 1. The van der Waals surface area contributed by atoms with Crippen LogP contribution in [-0.2, 0) is 4.79 Å². The monoisotopic (exact) mass is 277 g/mol. The highest BCUT2D eigenvalue weighted by molar-refractivity contribution is 5.83. The average Bonchev–Trinajstić information content (AvgIpc) is 3.03. The number of nitro groups is 1. The molecule has 0 N–H and O–H groups in total. The summed E-state index contributed by atoms with van der Waals surface area (Å²) in [6.45, 7) is -0.0584. The molecule has 1 aliphatic heterocycles. The van der Waals surface area contributed by atoms with Crippen molar-refractivity contribution >= 4 is 5.78 Å². The van der Waals surface area contributed by atoms with Crippen LogP contribution < -0.4 is 9.47 Å². The Balaban J connectivity index is 1.92. The number of benzene rings is 1. The van der Waals surface area contributed by atoms with Crippen molar-refractivity contribution in [3.8, 4) is 11.5 Å². The van der Waals surface area contributed by atoms with Gasteiger partial charge in [-0.1, -0.05) is 6.07 Å². The summed E-state index contributed by atoms with van der Waals surface area (Å²) in [5, 5.41) is 10.9. The highest BCUT2D eigenvalue weighted by Gasteiger charge is 2.36. The summed E-state index contributed by atoms with van der Waals surface area (Å²) >= 11 is 0. The molecule has 1 aromatic carbocycles. The number of carbonyl (C=O) groups is 1. The molecule has 0 unspecified atom stereocenters. The lowest BCUT2D eigenvalue weighted by Crippen LogP contribution is -2.24. The highest BCUT2D eigenvalue weighted by atomic mass is 16.7. The summed E-state index contributed by atoms with van der Waals surface area (Å²) in [6, 6.07) is 5.32. The molecule has 0 amide bonds. The van der Waals surface area contributed by atoms with Crippen LogP contribution in [0.1, 0.15) is 30.7 Å². The molecule has 2 aliphatic rings. The van der Waals surface area contributed by atoms with E-state index in [0.717, 1.165) is 18.4 Å². The van der Waals surface area contributed by atoms with Crippen molar-refractivity contribution in [2.24, 2.45) is 5.92 Å². The molecule has 1 aromatic rings. The third-order valence-corrected chi connectivity index (χ3v) is 4.01. The van der Waals surface area contributed by atoms with E-state index in [1.807, 2.05) is 0 Å². The summed E-state index contributed by atoms with van der Waals surface area (Å²) in [6.07, 6.45) is 2.08. The number of hydrogen-bond acceptors (Lipinski definition) is 5. The van der Waals surface area contributed by atoms with Gasteiger partial charge in [-0.3, -0.25) is 14.9 Å². The van der Waals surface area contributed by atoms with Gasteiger partial charge in [-0.15, -0.1) is 0 Å². The van der Waals surface area contributed by atoms with Crippen molar-refractivity contribution in [3.05, 3.63) is 33.9 Å². The zero-order valence-corrected chi connectivity index (χ0v) is 10.9. The van der Waals surface area contributed by atoms with E-state index in [4.69, 9.17) is 9.47 Å². The second-order valence-corrected chi connectivity index (χ2v) is 5.20. The van der Waals surface area contributed by atoms with Gasteiger partial charge in [0, 0.05) is 17.3 Å². The Kier molecular flexibility index (Phi) is 3.30. The number of fused-ring (bicyclic) bond motifs is 1. The minimum atomic E-state index is -0.380. The second kappa shape index (κ2) is 5.11. The first-order valence-electron chi connectivity index (χ1n) is 6.69. The molecule has 1 aliphatic carbocycles. The van der Waals surface area contributed by atoms with Gasteiger partial charge < -0.3 is 9.47 Å². The normalized spacial score (nSPS) is 22.0. The number of hydrogen-bond donors (Lipinski definition) is 0. The van der Waals surface area contributed by atoms with Crippen molar-refractivity contribution in [2.75, 3.05) is 13.3 Å². The first-order valence-corrected chi connectivity index (χ1v) is 6.69. The fourth-order valence-corrected chi connectivity index (χ4v) is 3.04. The molecule has 0 aromatic heterocycles. The van der Waals surface area contributed by atoms with Gasteiger partial charge in [0.1, 0.15) is 5.78 Å². The van der Waals surface area contributed by atoms with Crippen LogP contribution in [0.25, 0.3) is 0 Å². The summed E-state index contributed by atoms with van der Waals surface area (Å²) in [4.78, 5) is 22.5. The van der Waals surface area contributed by atoms with E-state index in [9.17, 15) is 14.9 Å². The lowest BCUT2D eigenvalue weighted by molar-refractivity contribution is -0.484. The third-order valence-electron chi connectivity index (χ3n) is 4.01. The van der Waals surface area contributed by atoms with E-state index in [-0.39, 0.29) is 35.9 Å². The van der Waals surface area contributed by atoms with Crippen LogP contribution in [0, 0.1) is 16.0 Å². The van der Waals surface area contributed by atoms with Gasteiger partial charge in [0.2, 0.25) is 13.3 Å². The van der Waals surface area contributed by atoms with Crippen LogP contribution in [0.2, 0.25) is 0 Å². The van der Waals surface area contributed by atoms with Crippen molar-refractivity contribution in [2.45, 2.75) is 25.2 Å². The van der Waals surface area contributed by atoms with E-state index in [1.165, 1.54) is 0 Å². The molecular weight excluding hydrogens is 262 g/mol. The summed E-state index contributed by atoms with van der Waals surface area (Å²) in [5.74, 6) is 0.748. The van der Waals surface area contributed by atoms with Crippen LogP contribution in [-0.4, -0.2) is 24.0 Å². The van der Waals surface area contributed by atoms with Gasteiger partial charge in [0.25, 0.3) is 0 Å². The highest BCUT2D eigenvalue weighted by Crippen LogP contribution is 2.40. The molecule has 106 valence electrons. The lowest BCUT2D eigenvalue weighted by atomic mass is 9.84. The summed E-state index contributed by atoms with van der Waals surface area (Å²) in [7, 11) is 0. The van der Waals surface area contributed by atoms with Crippen LogP contribution in [0.15, 0.2) is 18.2 Å². The third kappa shape index (κ3) is 2.33. The van der Waals surface area contributed by atoms with Crippen LogP contribution >= 0.6 is 0 Å². The van der Waals surface area contributed by atoms with E-state index >= 15 is 0 Å². The number of ether oxygens (including phenoxy) is 2. The molecule has 0 spiro atoms. The van der Waals surface area contributed by atoms with E-state index < -0.39 is 0 Å². The molecule has 1 heterocycles. The standard InChI is InChI=1S/C14H15NO5/c16-12-3-1-2-10(12)11(7-15(17)18)9-4-5-13-14(6-9)20-8-19-13/h4-6,10-11H,1-3,7-8H2/t10-,11-/m0/s1. The molecule has 3 rings (SSSR count). The maximum atomic E-state index is 11.9. The van der Waals surface area contributed by atoms with Crippen molar-refractivity contribution in [3.63, 3.8) is 0 Å². The predicted octanol–water partition coefficient (Wildman–Crippen LogP) is 2.14. The maximum Gasteiger partial charge on any atom is 0.231 e. The SMILES string of the molecule is O=C1CCC[C@H]1[C@@H](C[N+](=O)[O-])c1ccc2c(c1)OCO2. The molecule has 6 heteroatoms. The number of ketones is 1. The van der Waals surface area contributed by atoms with Crippen LogP contribution in [0.5, 0.6) is 11.5 Å². The van der Waals surface area contributed by atoms with E-state index in [1.54, 1.807) is 18.2 Å². The van der Waals surface area contributed by atoms with Crippen LogP contribution in [0.4, 0.5) is 0 Å². The molecule has 1 fully saturated rings. The molecule has 1 saturated carbocycles. The number of carbonyl (C=O) groups excluding carboxylic acids is 1. The largest absolute Gasteiger partial charge is 0.454 e. The number of Topliss-reactive ketones (excluding diaryl/α,β-unsaturated/α-hetero) is 1. The molecule has 20 heavy (non-hydrogen) atoms. The van der Waals surface area contributed by atoms with Gasteiger partial charge in [-0.25, -0.2) is 0 Å². The van der Waals surface area contributed by atoms with Gasteiger partial charge in [0.15, 0.2) is 11.5 Å². The Morgan fingerprint density at radius 1 is 1.35 bits per heavy atom. The molecule has 0 bridgehead atoms. The molecular formula is C14H15NO5. The second-order valence-electron chi connectivity index (χ2n) is 5.20. The Labute approximate surface area is 115 Å². The van der Waals surface area contributed by atoms with Gasteiger partial charge in [-0.05, 0) is 30.5 Å². The maximum absolute atomic E-state index is 11.9. The van der Waals surface area contributed by atoms with E-state index in [2.05, 4.69) is 0 Å². The zero-order valence-electron chi connectivity index (χ0n) is 10.9. The first kappa shape index (κ1) is 12.9. The Morgan fingerprint density at radius 2 is 2.15 bits per heavy atom. The Bertz CT molecular complexity index is 556. The van der Waals surface area contributed by atoms with Gasteiger partial charge in [0.05, 0.1) is 5.92 Å². The molecule has 6 nitrogen and oxygen atoms in total. The first-order chi connectivity index (χ1) is 9.65. The minimum absolute atomic E-state index is 0.134. The zero-order chi connectivity index (χ0) is 14.1. The Hall–Kier alpha value is -2.11. The fraction of sp³-hybridized carbons (Fsp3) is 0.500. The fourth-order valence-electron chi connectivity index (χ4n) is 3.04. The lowest BCUT2D eigenvalue weighted by Gasteiger charge is -2.19. The number of rotatable bonds is 4. The minimum Gasteiger partial charge on any atom is -0.454 e. The molecule has 2 atom stereocenters. The summed E-state index contributed by atoms with van der Waals surface area (Å²) in [5.41, 5.74) is 0.784. The quantitative estimate of drug-likeness (QED) is 0.622. The smallest absolute Gasteiger partial charge is 0.231 e. The van der Waals surface area contributed by atoms with Crippen molar-refractivity contribution < 1.29 is 19.2 Å². The topological polar surface area (TPSA) is 78.7 Å². The van der Waals surface area contributed by atoms with Crippen molar-refractivity contribution in [1.29, 1.82) is 0 Å². The molecule has 0 saturated heterocycles.